The number of rotatable bonds is 7. The number of benzene rings is 3. The zero-order valence-corrected chi connectivity index (χ0v) is 17.8. The number of halogens is 1. The van der Waals surface area contributed by atoms with Gasteiger partial charge < -0.3 is 14.2 Å². The van der Waals surface area contributed by atoms with Gasteiger partial charge in [-0.25, -0.2) is 9.48 Å². The lowest BCUT2D eigenvalue weighted by atomic mass is 10.1. The average molecular weight is 438 g/mol. The van der Waals surface area contributed by atoms with E-state index in [2.05, 4.69) is 10.3 Å². The molecule has 0 atom stereocenters. The van der Waals surface area contributed by atoms with E-state index >= 15 is 0 Å². The Kier molecular flexibility index (Phi) is 6.04. The Morgan fingerprint density at radius 3 is 2.45 bits per heavy atom. The van der Waals surface area contributed by atoms with Gasteiger partial charge in [0.1, 0.15) is 11.5 Å². The molecule has 1 heterocycles. The number of aromatic nitrogens is 3. The molecule has 0 N–H and O–H groups in total. The number of methoxy groups -OCH3 is 1. The predicted octanol–water partition coefficient (Wildman–Crippen LogP) is 5.11. The first-order valence-corrected chi connectivity index (χ1v) is 10.1. The van der Waals surface area contributed by atoms with Crippen molar-refractivity contribution in [2.75, 3.05) is 13.7 Å². The van der Waals surface area contributed by atoms with Crippen LogP contribution in [0.1, 0.15) is 23.0 Å². The van der Waals surface area contributed by atoms with Gasteiger partial charge in [-0.3, -0.25) is 0 Å². The molecule has 1 aromatic heterocycles. The molecule has 0 unspecified atom stereocenters. The van der Waals surface area contributed by atoms with Crippen LogP contribution in [0.25, 0.3) is 10.8 Å². The maximum Gasteiger partial charge on any atom is 0.364 e. The van der Waals surface area contributed by atoms with Crippen molar-refractivity contribution in [3.63, 3.8) is 0 Å². The van der Waals surface area contributed by atoms with Crippen molar-refractivity contribution in [3.8, 4) is 17.4 Å². The SMILES string of the molecule is CCOC(=O)c1nnn(Cc2ccc(OC)cc2)c1Oc1ccc2cc(Cl)ccc2c1. The molecule has 4 rings (SSSR count). The van der Waals surface area contributed by atoms with Crippen LogP contribution in [0.4, 0.5) is 0 Å². The predicted molar refractivity (Wildman–Crippen MR) is 117 cm³/mol. The van der Waals surface area contributed by atoms with E-state index in [-0.39, 0.29) is 18.2 Å². The van der Waals surface area contributed by atoms with E-state index < -0.39 is 5.97 Å². The van der Waals surface area contributed by atoms with Crippen molar-refractivity contribution in [3.05, 3.63) is 76.9 Å². The van der Waals surface area contributed by atoms with Gasteiger partial charge in [-0.2, -0.15) is 0 Å². The highest BCUT2D eigenvalue weighted by atomic mass is 35.5. The zero-order valence-electron chi connectivity index (χ0n) is 17.0. The minimum Gasteiger partial charge on any atom is -0.497 e. The van der Waals surface area contributed by atoms with Crippen LogP contribution in [0.2, 0.25) is 5.02 Å². The molecule has 0 saturated heterocycles. The molecule has 7 nitrogen and oxygen atoms in total. The van der Waals surface area contributed by atoms with Crippen LogP contribution in [-0.2, 0) is 11.3 Å². The highest BCUT2D eigenvalue weighted by Gasteiger charge is 2.23. The van der Waals surface area contributed by atoms with Crippen LogP contribution in [-0.4, -0.2) is 34.7 Å². The molecule has 0 aliphatic rings. The summed E-state index contributed by atoms with van der Waals surface area (Å²) in [5, 5.41) is 10.7. The standard InChI is InChI=1S/C23H20ClN3O4/c1-3-30-23(28)21-22(27(26-25-21)14-15-4-9-19(29-2)10-5-15)31-20-11-7-16-12-18(24)8-6-17(16)13-20/h4-13H,3,14H2,1-2H3. The molecular weight excluding hydrogens is 418 g/mol. The van der Waals surface area contributed by atoms with E-state index in [0.29, 0.717) is 17.3 Å². The number of carbonyl (C=O) groups is 1. The second-order valence-electron chi connectivity index (χ2n) is 6.72. The Labute approximate surface area is 184 Å². The molecule has 158 valence electrons. The molecule has 0 bridgehead atoms. The van der Waals surface area contributed by atoms with E-state index in [1.165, 1.54) is 4.68 Å². The maximum absolute atomic E-state index is 12.4. The van der Waals surface area contributed by atoms with Crippen LogP contribution in [0.3, 0.4) is 0 Å². The minimum atomic E-state index is -0.592. The van der Waals surface area contributed by atoms with Gasteiger partial charge in [0.15, 0.2) is 0 Å². The van der Waals surface area contributed by atoms with Crippen LogP contribution in [0, 0.1) is 0 Å². The van der Waals surface area contributed by atoms with Crippen molar-refractivity contribution in [2.45, 2.75) is 13.5 Å². The molecular formula is C23H20ClN3O4. The molecule has 0 amide bonds. The monoisotopic (exact) mass is 437 g/mol. The second kappa shape index (κ2) is 9.06. The normalized spacial score (nSPS) is 10.8. The molecule has 3 aromatic carbocycles. The number of fused-ring (bicyclic) bond motifs is 1. The Hall–Kier alpha value is -3.58. The summed E-state index contributed by atoms with van der Waals surface area (Å²) in [4.78, 5) is 12.4. The van der Waals surface area contributed by atoms with Crippen molar-refractivity contribution < 1.29 is 19.0 Å². The molecule has 0 saturated carbocycles. The quantitative estimate of drug-likeness (QED) is 0.374. The third kappa shape index (κ3) is 4.62. The van der Waals surface area contributed by atoms with Gasteiger partial charge in [0.2, 0.25) is 5.69 Å². The van der Waals surface area contributed by atoms with Gasteiger partial charge in [-0.15, -0.1) is 5.10 Å². The highest BCUT2D eigenvalue weighted by molar-refractivity contribution is 6.31. The third-order valence-electron chi connectivity index (χ3n) is 4.64. The summed E-state index contributed by atoms with van der Waals surface area (Å²) in [7, 11) is 1.61. The number of hydrogen-bond donors (Lipinski definition) is 0. The van der Waals surface area contributed by atoms with Crippen LogP contribution < -0.4 is 9.47 Å². The van der Waals surface area contributed by atoms with E-state index in [1.807, 2.05) is 54.6 Å². The fourth-order valence-electron chi connectivity index (χ4n) is 3.11. The Balaban J connectivity index is 1.68. The summed E-state index contributed by atoms with van der Waals surface area (Å²) in [6, 6.07) is 18.7. The van der Waals surface area contributed by atoms with Gasteiger partial charge in [0, 0.05) is 5.02 Å². The molecule has 31 heavy (non-hydrogen) atoms. The second-order valence-corrected chi connectivity index (χ2v) is 7.16. The number of esters is 1. The van der Waals surface area contributed by atoms with Crippen molar-refractivity contribution >= 4 is 28.3 Å². The van der Waals surface area contributed by atoms with Gasteiger partial charge in [0.05, 0.1) is 20.3 Å². The molecule has 8 heteroatoms. The third-order valence-corrected chi connectivity index (χ3v) is 4.87. The van der Waals surface area contributed by atoms with Crippen LogP contribution in [0.5, 0.6) is 17.4 Å². The number of nitrogens with zero attached hydrogens (tertiary/aromatic N) is 3. The van der Waals surface area contributed by atoms with E-state index in [9.17, 15) is 4.79 Å². The fourth-order valence-corrected chi connectivity index (χ4v) is 3.29. The van der Waals surface area contributed by atoms with Crippen LogP contribution in [0.15, 0.2) is 60.7 Å². The molecule has 0 fully saturated rings. The van der Waals surface area contributed by atoms with Gasteiger partial charge in [0.25, 0.3) is 5.88 Å². The van der Waals surface area contributed by atoms with Crippen molar-refractivity contribution in [1.29, 1.82) is 0 Å². The first-order valence-electron chi connectivity index (χ1n) is 9.68. The zero-order chi connectivity index (χ0) is 21.8. The molecule has 0 spiro atoms. The maximum atomic E-state index is 12.4. The molecule has 0 radical (unpaired) electrons. The number of ether oxygens (including phenoxy) is 3. The van der Waals surface area contributed by atoms with Gasteiger partial charge in [-0.05, 0) is 59.7 Å². The van der Waals surface area contributed by atoms with E-state index in [0.717, 1.165) is 22.1 Å². The summed E-state index contributed by atoms with van der Waals surface area (Å²) in [6.07, 6.45) is 0. The summed E-state index contributed by atoms with van der Waals surface area (Å²) in [5.74, 6) is 0.912. The van der Waals surface area contributed by atoms with Crippen LogP contribution >= 0.6 is 11.6 Å². The van der Waals surface area contributed by atoms with Crippen molar-refractivity contribution in [1.82, 2.24) is 15.0 Å². The smallest absolute Gasteiger partial charge is 0.364 e. The molecule has 0 aliphatic carbocycles. The first-order chi connectivity index (χ1) is 15.1. The lowest BCUT2D eigenvalue weighted by molar-refractivity contribution is 0.0516. The first kappa shape index (κ1) is 20.7. The largest absolute Gasteiger partial charge is 0.497 e. The number of hydrogen-bond acceptors (Lipinski definition) is 6. The summed E-state index contributed by atoms with van der Waals surface area (Å²) in [6.45, 7) is 2.31. The van der Waals surface area contributed by atoms with Crippen molar-refractivity contribution in [2.24, 2.45) is 0 Å². The molecule has 4 aromatic rings. The Morgan fingerprint density at radius 2 is 1.71 bits per heavy atom. The van der Waals surface area contributed by atoms with Gasteiger partial charge >= 0.3 is 5.97 Å². The highest BCUT2D eigenvalue weighted by Crippen LogP contribution is 2.29. The fraction of sp³-hybridized carbons (Fsp3) is 0.174. The summed E-state index contributed by atoms with van der Waals surface area (Å²) >= 11 is 6.07. The number of carbonyl (C=O) groups excluding carboxylic acids is 1. The molecule has 0 aliphatic heterocycles. The summed E-state index contributed by atoms with van der Waals surface area (Å²) in [5.41, 5.74) is 0.964. The van der Waals surface area contributed by atoms with E-state index in [4.69, 9.17) is 25.8 Å². The average Bonchev–Trinajstić information content (AvgIpc) is 3.16. The minimum absolute atomic E-state index is 0.0200. The lowest BCUT2D eigenvalue weighted by Crippen LogP contribution is -2.09. The topological polar surface area (TPSA) is 75.5 Å². The van der Waals surface area contributed by atoms with Gasteiger partial charge in [-0.1, -0.05) is 41.1 Å². The van der Waals surface area contributed by atoms with E-state index in [1.54, 1.807) is 20.1 Å². The summed E-state index contributed by atoms with van der Waals surface area (Å²) < 4.78 is 17.9. The lowest BCUT2D eigenvalue weighted by Gasteiger charge is -2.11. The Morgan fingerprint density at radius 1 is 1.00 bits per heavy atom. The Bertz CT molecular complexity index is 1220.